The molecule has 0 aliphatic carbocycles. The van der Waals surface area contributed by atoms with Gasteiger partial charge < -0.3 is 14.7 Å². The van der Waals surface area contributed by atoms with Gasteiger partial charge in [-0.3, -0.25) is 4.79 Å². The van der Waals surface area contributed by atoms with Gasteiger partial charge in [-0.1, -0.05) is 12.1 Å². The van der Waals surface area contributed by atoms with Crippen LogP contribution in [0, 0.1) is 0 Å². The van der Waals surface area contributed by atoms with Gasteiger partial charge in [0.25, 0.3) is 0 Å². The second-order valence-corrected chi connectivity index (χ2v) is 9.19. The number of aryl methyl sites for hydroxylation is 1. The number of fused-ring (bicyclic) bond motifs is 1. The molecule has 2 heterocycles. The maximum absolute atomic E-state index is 13.2. The van der Waals surface area contributed by atoms with Crippen LogP contribution in [0.4, 0.5) is 5.69 Å². The summed E-state index contributed by atoms with van der Waals surface area (Å²) in [5.41, 5.74) is 1.77. The number of hydrogen-bond donors (Lipinski definition) is 1. The molecule has 0 radical (unpaired) electrons. The molecule has 148 valence electrons. The van der Waals surface area contributed by atoms with Crippen LogP contribution in [0.15, 0.2) is 52.3 Å². The molecule has 1 amide bonds. The molecule has 2 aliphatic heterocycles. The Morgan fingerprint density at radius 1 is 1.18 bits per heavy atom. The van der Waals surface area contributed by atoms with Gasteiger partial charge in [-0.15, -0.1) is 0 Å². The Morgan fingerprint density at radius 2 is 1.96 bits per heavy atom. The molecule has 0 spiro atoms. The number of carbonyl (C=O) groups is 1. The summed E-state index contributed by atoms with van der Waals surface area (Å²) in [5, 5.41) is 11.1. The van der Waals surface area contributed by atoms with Crippen LogP contribution in [0.1, 0.15) is 37.3 Å². The Morgan fingerprint density at radius 3 is 2.75 bits per heavy atom. The zero-order valence-corrected chi connectivity index (χ0v) is 17.0. The summed E-state index contributed by atoms with van der Waals surface area (Å²) >= 11 is 0. The highest BCUT2D eigenvalue weighted by molar-refractivity contribution is 7.85. The van der Waals surface area contributed by atoms with Crippen LogP contribution < -0.4 is 4.90 Å². The number of nitrogens with zero attached hydrogens (tertiary/aromatic N) is 1. The van der Waals surface area contributed by atoms with E-state index >= 15 is 0 Å². The zero-order chi connectivity index (χ0) is 19.9. The number of carbonyl (C=O) groups excluding carboxylic acids is 1. The molecule has 0 bridgehead atoms. The average Bonchev–Trinajstić information content (AvgIpc) is 2.70. The van der Waals surface area contributed by atoms with Crippen LogP contribution in [0.3, 0.4) is 0 Å². The predicted molar refractivity (Wildman–Crippen MR) is 108 cm³/mol. The van der Waals surface area contributed by atoms with Crippen LogP contribution in [-0.4, -0.2) is 35.0 Å². The van der Waals surface area contributed by atoms with E-state index in [-0.39, 0.29) is 12.0 Å². The van der Waals surface area contributed by atoms with E-state index < -0.39 is 16.4 Å². The molecule has 3 atom stereocenters. The summed E-state index contributed by atoms with van der Waals surface area (Å²) in [7, 11) is 0.421. The minimum absolute atomic E-state index is 0.00625. The number of aliphatic hydroxyl groups is 1. The highest BCUT2D eigenvalue weighted by atomic mass is 32.2. The van der Waals surface area contributed by atoms with E-state index in [4.69, 9.17) is 4.74 Å². The standard InChI is InChI=1S/C22H25NO4S/c1-15-14-22(25,10-11-27-15)17-4-3-5-18(13-17)28(26)19-7-8-20-16(12-19)6-9-21(24)23(20)2/h3-5,7-8,12-13,15,25H,6,9-11,14H2,1-2H3/t15-,22+,28?/m0/s1. The lowest BCUT2D eigenvalue weighted by atomic mass is 9.84. The summed E-state index contributed by atoms with van der Waals surface area (Å²) < 4.78 is 18.8. The molecular weight excluding hydrogens is 374 g/mol. The minimum Gasteiger partial charge on any atom is -0.385 e. The Hall–Kier alpha value is -2.02. The van der Waals surface area contributed by atoms with E-state index in [1.807, 2.05) is 49.4 Å². The number of benzene rings is 2. The van der Waals surface area contributed by atoms with E-state index in [2.05, 4.69) is 0 Å². The second-order valence-electron chi connectivity index (χ2n) is 7.71. The lowest BCUT2D eigenvalue weighted by molar-refractivity contribution is -0.118. The van der Waals surface area contributed by atoms with Crippen molar-refractivity contribution < 1.29 is 18.8 Å². The second kappa shape index (κ2) is 7.43. The first-order valence-electron chi connectivity index (χ1n) is 9.63. The van der Waals surface area contributed by atoms with Crippen molar-refractivity contribution >= 4 is 22.4 Å². The van der Waals surface area contributed by atoms with Gasteiger partial charge in [0, 0.05) is 41.8 Å². The highest BCUT2D eigenvalue weighted by Crippen LogP contribution is 2.36. The number of rotatable bonds is 3. The van der Waals surface area contributed by atoms with Gasteiger partial charge in [0.15, 0.2) is 0 Å². The Bertz CT molecular complexity index is 944. The summed E-state index contributed by atoms with van der Waals surface area (Å²) in [6, 6.07) is 13.1. The average molecular weight is 400 g/mol. The first kappa shape index (κ1) is 19.3. The topological polar surface area (TPSA) is 66.8 Å². The van der Waals surface area contributed by atoms with Gasteiger partial charge >= 0.3 is 0 Å². The van der Waals surface area contributed by atoms with Crippen LogP contribution in [0.2, 0.25) is 0 Å². The number of amides is 1. The van der Waals surface area contributed by atoms with Crippen molar-refractivity contribution in [3.8, 4) is 0 Å². The van der Waals surface area contributed by atoms with Crippen molar-refractivity contribution in [3.63, 3.8) is 0 Å². The first-order valence-corrected chi connectivity index (χ1v) is 10.8. The molecule has 4 rings (SSSR count). The fourth-order valence-electron chi connectivity index (χ4n) is 4.11. The fraction of sp³-hybridized carbons (Fsp3) is 0.409. The molecule has 0 aromatic heterocycles. The molecule has 5 nitrogen and oxygen atoms in total. The van der Waals surface area contributed by atoms with Crippen LogP contribution in [0.25, 0.3) is 0 Å². The zero-order valence-electron chi connectivity index (χ0n) is 16.2. The molecule has 1 unspecified atom stereocenters. The third kappa shape index (κ3) is 3.52. The van der Waals surface area contributed by atoms with Crippen molar-refractivity contribution in [1.29, 1.82) is 0 Å². The highest BCUT2D eigenvalue weighted by Gasteiger charge is 2.35. The molecule has 2 aromatic carbocycles. The first-order chi connectivity index (χ1) is 13.4. The van der Waals surface area contributed by atoms with E-state index in [9.17, 15) is 14.1 Å². The fourth-order valence-corrected chi connectivity index (χ4v) is 5.26. The molecule has 28 heavy (non-hydrogen) atoms. The monoisotopic (exact) mass is 399 g/mol. The minimum atomic E-state index is -1.35. The Balaban J connectivity index is 1.63. The van der Waals surface area contributed by atoms with Gasteiger partial charge in [-0.2, -0.15) is 0 Å². The van der Waals surface area contributed by atoms with Crippen LogP contribution >= 0.6 is 0 Å². The summed E-state index contributed by atoms with van der Waals surface area (Å²) in [6.45, 7) is 2.48. The maximum Gasteiger partial charge on any atom is 0.227 e. The van der Waals surface area contributed by atoms with Gasteiger partial charge in [0.1, 0.15) is 0 Å². The molecule has 1 N–H and O–H groups in total. The van der Waals surface area contributed by atoms with Crippen molar-refractivity contribution in [2.45, 2.75) is 54.1 Å². The summed E-state index contributed by atoms with van der Waals surface area (Å²) in [5.74, 6) is 0.105. The Kier molecular flexibility index (Phi) is 5.12. The van der Waals surface area contributed by atoms with Gasteiger partial charge in [0.2, 0.25) is 5.91 Å². The summed E-state index contributed by atoms with van der Waals surface area (Å²) in [6.07, 6.45) is 2.20. The van der Waals surface area contributed by atoms with Gasteiger partial charge in [0.05, 0.1) is 29.1 Å². The van der Waals surface area contributed by atoms with Crippen molar-refractivity contribution in [1.82, 2.24) is 0 Å². The maximum atomic E-state index is 13.2. The lowest BCUT2D eigenvalue weighted by Gasteiger charge is -2.36. The molecule has 6 heteroatoms. The molecule has 2 aromatic rings. The van der Waals surface area contributed by atoms with Crippen molar-refractivity contribution in [2.75, 3.05) is 18.6 Å². The molecule has 1 fully saturated rings. The normalized spacial score (nSPS) is 26.0. The summed E-state index contributed by atoms with van der Waals surface area (Å²) in [4.78, 5) is 14.9. The van der Waals surface area contributed by atoms with E-state index in [0.717, 1.165) is 16.8 Å². The Labute approximate surface area is 167 Å². The van der Waals surface area contributed by atoms with Gasteiger partial charge in [-0.05, 0) is 54.8 Å². The molecule has 1 saturated heterocycles. The molecule has 0 saturated carbocycles. The number of anilines is 1. The number of hydrogen-bond acceptors (Lipinski definition) is 4. The van der Waals surface area contributed by atoms with E-state index in [1.54, 1.807) is 11.9 Å². The lowest BCUT2D eigenvalue weighted by Crippen LogP contribution is -2.37. The molecular formula is C22H25NO4S. The van der Waals surface area contributed by atoms with Crippen LogP contribution in [0.5, 0.6) is 0 Å². The molecule has 2 aliphatic rings. The van der Waals surface area contributed by atoms with E-state index in [1.165, 1.54) is 0 Å². The number of ether oxygens (including phenoxy) is 1. The quantitative estimate of drug-likeness (QED) is 0.861. The third-order valence-corrected chi connectivity index (χ3v) is 7.10. The van der Waals surface area contributed by atoms with Crippen LogP contribution in [-0.2, 0) is 32.4 Å². The third-order valence-electron chi connectivity index (χ3n) is 5.74. The largest absolute Gasteiger partial charge is 0.385 e. The van der Waals surface area contributed by atoms with E-state index in [0.29, 0.717) is 42.1 Å². The van der Waals surface area contributed by atoms with Gasteiger partial charge in [-0.25, -0.2) is 4.21 Å². The van der Waals surface area contributed by atoms with Crippen molar-refractivity contribution in [3.05, 3.63) is 53.6 Å². The predicted octanol–water partition coefficient (Wildman–Crippen LogP) is 3.15. The SMILES string of the molecule is C[C@H]1C[C@@](O)(c2cccc(S(=O)c3ccc4c(c3)CCC(=O)N4C)c2)CCO1. The van der Waals surface area contributed by atoms with Crippen molar-refractivity contribution in [2.24, 2.45) is 0 Å². The smallest absolute Gasteiger partial charge is 0.227 e.